The van der Waals surface area contributed by atoms with Crippen LogP contribution < -0.4 is 4.90 Å². The standard InChI is InChI=1S/C19H19NO3/c1-10(2)11-3-6-13(7-4-11)20-18(22)16-12-5-8-14(15(21)9-12)17(16)19(20)23/h3-4,6-7,10,14,17H,5,8-9H2,1-2H3. The molecule has 1 saturated carbocycles. The number of imide groups is 1. The van der Waals surface area contributed by atoms with Gasteiger partial charge in [0.15, 0.2) is 0 Å². The fourth-order valence-electron chi connectivity index (χ4n) is 4.12. The topological polar surface area (TPSA) is 54.5 Å². The zero-order valence-corrected chi connectivity index (χ0v) is 13.3. The highest BCUT2D eigenvalue weighted by molar-refractivity contribution is 6.31. The molecule has 2 fully saturated rings. The number of ketones is 1. The molecule has 0 aromatic heterocycles. The van der Waals surface area contributed by atoms with E-state index in [1.807, 2.05) is 24.3 Å². The molecule has 2 bridgehead atoms. The van der Waals surface area contributed by atoms with E-state index in [1.165, 1.54) is 10.5 Å². The molecule has 23 heavy (non-hydrogen) atoms. The van der Waals surface area contributed by atoms with Crippen molar-refractivity contribution in [1.82, 2.24) is 0 Å². The quantitative estimate of drug-likeness (QED) is 0.789. The molecule has 0 N–H and O–H groups in total. The first kappa shape index (κ1) is 14.4. The highest BCUT2D eigenvalue weighted by Gasteiger charge is 2.55. The second-order valence-electron chi connectivity index (χ2n) is 7.01. The van der Waals surface area contributed by atoms with Crippen molar-refractivity contribution in [2.45, 2.75) is 39.0 Å². The van der Waals surface area contributed by atoms with Crippen LogP contribution in [0, 0.1) is 11.8 Å². The number of hydrogen-bond acceptors (Lipinski definition) is 3. The number of allylic oxidation sites excluding steroid dienone is 1. The molecule has 4 aliphatic rings. The van der Waals surface area contributed by atoms with Crippen LogP contribution in [0.3, 0.4) is 0 Å². The third-order valence-corrected chi connectivity index (χ3v) is 5.39. The molecular weight excluding hydrogens is 290 g/mol. The van der Waals surface area contributed by atoms with E-state index in [0.717, 1.165) is 12.0 Å². The van der Waals surface area contributed by atoms with E-state index in [9.17, 15) is 14.4 Å². The van der Waals surface area contributed by atoms with Crippen LogP contribution in [0.15, 0.2) is 35.4 Å². The lowest BCUT2D eigenvalue weighted by Crippen LogP contribution is -2.38. The van der Waals surface area contributed by atoms with Gasteiger partial charge < -0.3 is 0 Å². The number of anilines is 1. The number of amides is 2. The van der Waals surface area contributed by atoms with Gasteiger partial charge in [0.05, 0.1) is 11.6 Å². The summed E-state index contributed by atoms with van der Waals surface area (Å²) in [4.78, 5) is 39.0. The van der Waals surface area contributed by atoms with Crippen molar-refractivity contribution in [3.8, 4) is 0 Å². The molecular formula is C19H19NO3. The number of rotatable bonds is 2. The molecule has 4 heteroatoms. The number of nitrogens with zero attached hydrogens (tertiary/aromatic N) is 1. The Balaban J connectivity index is 1.75. The van der Waals surface area contributed by atoms with Crippen molar-refractivity contribution in [3.63, 3.8) is 0 Å². The Labute approximate surface area is 135 Å². The number of Topliss-reactive ketones (excluding diaryl/α,β-unsaturated/α-hetero) is 1. The highest BCUT2D eigenvalue weighted by Crippen LogP contribution is 2.48. The minimum Gasteiger partial charge on any atom is -0.299 e. The van der Waals surface area contributed by atoms with E-state index in [4.69, 9.17) is 0 Å². The molecule has 3 aliphatic carbocycles. The van der Waals surface area contributed by atoms with Crippen LogP contribution in [0.25, 0.3) is 0 Å². The summed E-state index contributed by atoms with van der Waals surface area (Å²) in [5, 5.41) is 0. The SMILES string of the molecule is CC(C)c1ccc(N2C(=O)C3=C4CCC(C(=O)C4)C3C2=O)cc1. The summed E-state index contributed by atoms with van der Waals surface area (Å²) in [5.41, 5.74) is 3.28. The zero-order chi connectivity index (χ0) is 16.3. The van der Waals surface area contributed by atoms with E-state index in [2.05, 4.69) is 13.8 Å². The van der Waals surface area contributed by atoms with E-state index in [0.29, 0.717) is 30.0 Å². The summed E-state index contributed by atoms with van der Waals surface area (Å²) in [6.45, 7) is 4.21. The Kier molecular flexibility index (Phi) is 3.05. The largest absolute Gasteiger partial charge is 0.299 e. The molecule has 4 nitrogen and oxygen atoms in total. The van der Waals surface area contributed by atoms with Crippen molar-refractivity contribution >= 4 is 23.3 Å². The maximum Gasteiger partial charge on any atom is 0.261 e. The average Bonchev–Trinajstić information content (AvgIpc) is 2.81. The maximum absolute atomic E-state index is 12.8. The molecule has 1 aromatic rings. The molecule has 0 spiro atoms. The molecule has 1 saturated heterocycles. The average molecular weight is 309 g/mol. The molecule has 2 atom stereocenters. The number of hydrogen-bond donors (Lipinski definition) is 0. The van der Waals surface area contributed by atoms with Gasteiger partial charge in [-0.05, 0) is 36.5 Å². The van der Waals surface area contributed by atoms with Gasteiger partial charge in [-0.1, -0.05) is 31.6 Å². The normalized spacial score (nSPS) is 26.6. The van der Waals surface area contributed by atoms with E-state index < -0.39 is 5.92 Å². The molecule has 1 aliphatic heterocycles. The number of carbonyl (C=O) groups excluding carboxylic acids is 3. The van der Waals surface area contributed by atoms with Crippen molar-refractivity contribution in [2.75, 3.05) is 4.90 Å². The van der Waals surface area contributed by atoms with Gasteiger partial charge in [-0.2, -0.15) is 0 Å². The molecule has 2 amide bonds. The summed E-state index contributed by atoms with van der Waals surface area (Å²) < 4.78 is 0. The second-order valence-corrected chi connectivity index (χ2v) is 7.01. The second kappa shape index (κ2) is 4.88. The lowest BCUT2D eigenvalue weighted by atomic mass is 9.67. The predicted molar refractivity (Wildman–Crippen MR) is 85.9 cm³/mol. The van der Waals surface area contributed by atoms with Crippen LogP contribution in [0.1, 0.15) is 44.6 Å². The lowest BCUT2D eigenvalue weighted by molar-refractivity contribution is -0.131. The van der Waals surface area contributed by atoms with E-state index >= 15 is 0 Å². The minimum absolute atomic E-state index is 0.123. The van der Waals surface area contributed by atoms with Gasteiger partial charge >= 0.3 is 0 Å². The van der Waals surface area contributed by atoms with Gasteiger partial charge in [0.2, 0.25) is 5.91 Å². The van der Waals surface area contributed by atoms with Gasteiger partial charge in [-0.25, -0.2) is 4.90 Å². The molecule has 5 rings (SSSR count). The molecule has 0 radical (unpaired) electrons. The first-order chi connectivity index (χ1) is 11.0. The van der Waals surface area contributed by atoms with Crippen molar-refractivity contribution in [1.29, 1.82) is 0 Å². The first-order valence-corrected chi connectivity index (χ1v) is 8.22. The monoisotopic (exact) mass is 309 g/mol. The fraction of sp³-hybridized carbons (Fsp3) is 0.421. The van der Waals surface area contributed by atoms with Crippen LogP contribution >= 0.6 is 0 Å². The third-order valence-electron chi connectivity index (χ3n) is 5.39. The van der Waals surface area contributed by atoms with Crippen molar-refractivity contribution in [2.24, 2.45) is 11.8 Å². The van der Waals surface area contributed by atoms with Crippen LogP contribution in [-0.4, -0.2) is 17.6 Å². The lowest BCUT2D eigenvalue weighted by Gasteiger charge is -2.33. The van der Waals surface area contributed by atoms with Crippen LogP contribution in [-0.2, 0) is 14.4 Å². The summed E-state index contributed by atoms with van der Waals surface area (Å²) in [6.07, 6.45) is 1.85. The van der Waals surface area contributed by atoms with E-state index in [-0.39, 0.29) is 23.5 Å². The first-order valence-electron chi connectivity index (χ1n) is 8.22. The molecule has 118 valence electrons. The van der Waals surface area contributed by atoms with Gasteiger partial charge in [0, 0.05) is 17.9 Å². The molecule has 1 aromatic carbocycles. The van der Waals surface area contributed by atoms with Crippen molar-refractivity contribution < 1.29 is 14.4 Å². The van der Waals surface area contributed by atoms with Crippen LogP contribution in [0.4, 0.5) is 5.69 Å². The Hall–Kier alpha value is -2.23. The number of benzene rings is 1. The summed E-state index contributed by atoms with van der Waals surface area (Å²) >= 11 is 0. The predicted octanol–water partition coefficient (Wildman–Crippen LogP) is 2.98. The smallest absolute Gasteiger partial charge is 0.261 e. The highest BCUT2D eigenvalue weighted by atomic mass is 16.2. The third kappa shape index (κ3) is 1.94. The Morgan fingerprint density at radius 1 is 1.09 bits per heavy atom. The Bertz CT molecular complexity index is 757. The van der Waals surface area contributed by atoms with Crippen molar-refractivity contribution in [3.05, 3.63) is 41.0 Å². The van der Waals surface area contributed by atoms with Gasteiger partial charge in [-0.3, -0.25) is 14.4 Å². The minimum atomic E-state index is -0.530. The molecule has 1 heterocycles. The molecule has 2 unspecified atom stereocenters. The number of carbonyl (C=O) groups is 3. The number of fused-ring (bicyclic) bond motifs is 2. The Morgan fingerprint density at radius 3 is 2.39 bits per heavy atom. The Morgan fingerprint density at radius 2 is 1.78 bits per heavy atom. The van der Waals surface area contributed by atoms with Crippen LogP contribution in [0.2, 0.25) is 0 Å². The van der Waals surface area contributed by atoms with Gasteiger partial charge in [0.25, 0.3) is 5.91 Å². The summed E-state index contributed by atoms with van der Waals surface area (Å²) in [6, 6.07) is 7.58. The fourth-order valence-corrected chi connectivity index (χ4v) is 4.12. The summed E-state index contributed by atoms with van der Waals surface area (Å²) in [5.74, 6) is -0.744. The maximum atomic E-state index is 12.8. The van der Waals surface area contributed by atoms with Gasteiger partial charge in [0.1, 0.15) is 5.78 Å². The zero-order valence-electron chi connectivity index (χ0n) is 13.3. The van der Waals surface area contributed by atoms with E-state index in [1.54, 1.807) is 0 Å². The summed E-state index contributed by atoms with van der Waals surface area (Å²) in [7, 11) is 0. The van der Waals surface area contributed by atoms with Gasteiger partial charge in [-0.15, -0.1) is 0 Å². The van der Waals surface area contributed by atoms with Crippen LogP contribution in [0.5, 0.6) is 0 Å².